The third-order valence-electron chi connectivity index (χ3n) is 3.57. The fourth-order valence-corrected chi connectivity index (χ4v) is 2.10. The van der Waals surface area contributed by atoms with Gasteiger partial charge in [-0.25, -0.2) is 0 Å². The molecule has 6 heteroatoms. The lowest BCUT2D eigenvalue weighted by Gasteiger charge is -2.12. The van der Waals surface area contributed by atoms with E-state index in [-0.39, 0.29) is 18.2 Å². The first-order valence-electron chi connectivity index (χ1n) is 7.03. The molecule has 1 aromatic heterocycles. The Balaban J connectivity index is 2.57. The molecule has 1 amide bonds. The Kier molecular flexibility index (Phi) is 6.14. The van der Waals surface area contributed by atoms with Gasteiger partial charge in [0.05, 0.1) is 5.69 Å². The van der Waals surface area contributed by atoms with E-state index in [1.807, 2.05) is 27.8 Å². The van der Waals surface area contributed by atoms with Crippen molar-refractivity contribution in [3.05, 3.63) is 23.0 Å². The Morgan fingerprint density at radius 1 is 1.43 bits per heavy atom. The second kappa shape index (κ2) is 7.61. The Hall–Kier alpha value is -2.11. The molecule has 0 aliphatic heterocycles. The zero-order valence-corrected chi connectivity index (χ0v) is 13.0. The van der Waals surface area contributed by atoms with Crippen molar-refractivity contribution >= 4 is 18.0 Å². The molecule has 0 spiro atoms. The maximum atomic E-state index is 11.8. The van der Waals surface area contributed by atoms with Crippen LogP contribution < -0.4 is 5.32 Å². The number of carbonyl (C=O) groups is 2. The summed E-state index contributed by atoms with van der Waals surface area (Å²) in [6.07, 6.45) is 3.99. The summed E-state index contributed by atoms with van der Waals surface area (Å²) < 4.78 is 1.77. The van der Waals surface area contributed by atoms with Crippen molar-refractivity contribution in [2.75, 3.05) is 6.54 Å². The predicted molar refractivity (Wildman–Crippen MR) is 80.8 cm³/mol. The highest BCUT2D eigenvalue weighted by Crippen LogP contribution is 2.13. The number of aromatic nitrogens is 2. The second-order valence-corrected chi connectivity index (χ2v) is 5.16. The van der Waals surface area contributed by atoms with Gasteiger partial charge in [0, 0.05) is 37.3 Å². The van der Waals surface area contributed by atoms with E-state index in [9.17, 15) is 9.59 Å². The minimum Gasteiger partial charge on any atom is -0.481 e. The van der Waals surface area contributed by atoms with Crippen molar-refractivity contribution in [3.8, 4) is 0 Å². The van der Waals surface area contributed by atoms with Crippen molar-refractivity contribution in [1.82, 2.24) is 15.1 Å². The standard InChI is InChI=1S/C15H23N3O3/c1-5-12(8-15(20)21)9-16-14(19)7-6-13-10(2)17-18(4)11(13)3/h6-7,12H,5,8-9H2,1-4H3,(H,16,19)(H,20,21)/b7-6+. The summed E-state index contributed by atoms with van der Waals surface area (Å²) in [4.78, 5) is 22.4. The molecule has 0 saturated carbocycles. The van der Waals surface area contributed by atoms with Crippen molar-refractivity contribution in [2.45, 2.75) is 33.6 Å². The molecule has 116 valence electrons. The number of aliphatic carboxylic acids is 1. The molecule has 0 aromatic carbocycles. The van der Waals surface area contributed by atoms with Gasteiger partial charge in [-0.05, 0) is 25.8 Å². The van der Waals surface area contributed by atoms with E-state index in [2.05, 4.69) is 10.4 Å². The summed E-state index contributed by atoms with van der Waals surface area (Å²) in [5.41, 5.74) is 2.80. The number of carbonyl (C=O) groups excluding carboxylic acids is 1. The largest absolute Gasteiger partial charge is 0.481 e. The number of aryl methyl sites for hydroxylation is 2. The van der Waals surface area contributed by atoms with Gasteiger partial charge in [-0.15, -0.1) is 0 Å². The smallest absolute Gasteiger partial charge is 0.303 e. The third kappa shape index (κ3) is 5.06. The molecule has 1 rings (SSSR count). The van der Waals surface area contributed by atoms with Crippen LogP contribution in [0.5, 0.6) is 0 Å². The highest BCUT2D eigenvalue weighted by molar-refractivity contribution is 5.92. The van der Waals surface area contributed by atoms with Gasteiger partial charge in [0.25, 0.3) is 0 Å². The average Bonchev–Trinajstić information content (AvgIpc) is 2.65. The number of rotatable bonds is 7. The summed E-state index contributed by atoms with van der Waals surface area (Å²) in [6.45, 7) is 6.12. The first kappa shape index (κ1) is 16.9. The molecule has 1 heterocycles. The van der Waals surface area contributed by atoms with Crippen LogP contribution in [0.2, 0.25) is 0 Å². The minimum absolute atomic E-state index is 0.0401. The van der Waals surface area contributed by atoms with Gasteiger partial charge in [0.1, 0.15) is 0 Å². The Labute approximate surface area is 124 Å². The lowest BCUT2D eigenvalue weighted by atomic mass is 10.0. The number of hydrogen-bond donors (Lipinski definition) is 2. The fourth-order valence-electron chi connectivity index (χ4n) is 2.10. The minimum atomic E-state index is -0.840. The number of amides is 1. The first-order chi connectivity index (χ1) is 9.85. The van der Waals surface area contributed by atoms with Gasteiger partial charge < -0.3 is 10.4 Å². The molecule has 6 nitrogen and oxygen atoms in total. The van der Waals surface area contributed by atoms with Crippen LogP contribution in [0, 0.1) is 19.8 Å². The highest BCUT2D eigenvalue weighted by atomic mass is 16.4. The van der Waals surface area contributed by atoms with Crippen LogP contribution in [0.25, 0.3) is 6.08 Å². The van der Waals surface area contributed by atoms with Crippen LogP contribution in [0.4, 0.5) is 0 Å². The van der Waals surface area contributed by atoms with Crippen molar-refractivity contribution in [2.24, 2.45) is 13.0 Å². The molecule has 0 saturated heterocycles. The second-order valence-electron chi connectivity index (χ2n) is 5.16. The molecule has 1 unspecified atom stereocenters. The fraction of sp³-hybridized carbons (Fsp3) is 0.533. The van der Waals surface area contributed by atoms with Gasteiger partial charge in [-0.1, -0.05) is 13.3 Å². The van der Waals surface area contributed by atoms with Gasteiger partial charge in [0.15, 0.2) is 0 Å². The van der Waals surface area contributed by atoms with E-state index in [0.717, 1.165) is 23.4 Å². The number of hydrogen-bond acceptors (Lipinski definition) is 3. The predicted octanol–water partition coefficient (Wildman–Crippen LogP) is 1.67. The van der Waals surface area contributed by atoms with Crippen molar-refractivity contribution < 1.29 is 14.7 Å². The van der Waals surface area contributed by atoms with Gasteiger partial charge in [-0.2, -0.15) is 5.10 Å². The summed E-state index contributed by atoms with van der Waals surface area (Å²) in [5, 5.41) is 15.8. The van der Waals surface area contributed by atoms with E-state index in [1.54, 1.807) is 10.8 Å². The molecule has 2 N–H and O–H groups in total. The van der Waals surface area contributed by atoms with Crippen LogP contribution in [0.1, 0.15) is 36.7 Å². The lowest BCUT2D eigenvalue weighted by molar-refractivity contribution is -0.138. The van der Waals surface area contributed by atoms with E-state index < -0.39 is 5.97 Å². The number of carboxylic acid groups (broad SMARTS) is 1. The summed E-state index contributed by atoms with van der Waals surface area (Å²) in [7, 11) is 1.86. The average molecular weight is 293 g/mol. The van der Waals surface area contributed by atoms with E-state index >= 15 is 0 Å². The third-order valence-corrected chi connectivity index (χ3v) is 3.57. The quantitative estimate of drug-likeness (QED) is 0.749. The number of carboxylic acids is 1. The monoisotopic (exact) mass is 293 g/mol. The van der Waals surface area contributed by atoms with Gasteiger partial charge >= 0.3 is 5.97 Å². The maximum absolute atomic E-state index is 11.8. The summed E-state index contributed by atoms with van der Waals surface area (Å²) in [6, 6.07) is 0. The molecular weight excluding hydrogens is 270 g/mol. The topological polar surface area (TPSA) is 84.2 Å². The first-order valence-corrected chi connectivity index (χ1v) is 7.03. The highest BCUT2D eigenvalue weighted by Gasteiger charge is 2.12. The van der Waals surface area contributed by atoms with Crippen LogP contribution in [-0.4, -0.2) is 33.3 Å². The zero-order valence-electron chi connectivity index (χ0n) is 13.0. The van der Waals surface area contributed by atoms with Crippen molar-refractivity contribution in [3.63, 3.8) is 0 Å². The molecule has 0 aliphatic rings. The zero-order chi connectivity index (χ0) is 16.0. The molecular formula is C15H23N3O3. The summed E-state index contributed by atoms with van der Waals surface area (Å²) in [5.74, 6) is -1.10. The SMILES string of the molecule is CCC(CNC(=O)/C=C/c1c(C)nn(C)c1C)CC(=O)O. The summed E-state index contributed by atoms with van der Waals surface area (Å²) >= 11 is 0. The van der Waals surface area contributed by atoms with Crippen LogP contribution in [-0.2, 0) is 16.6 Å². The molecule has 1 atom stereocenters. The molecule has 0 aliphatic carbocycles. The van der Waals surface area contributed by atoms with Crippen molar-refractivity contribution in [1.29, 1.82) is 0 Å². The Morgan fingerprint density at radius 2 is 2.10 bits per heavy atom. The number of nitrogens with one attached hydrogen (secondary N) is 1. The van der Waals surface area contributed by atoms with E-state index in [1.165, 1.54) is 6.08 Å². The Bertz CT molecular complexity index is 547. The van der Waals surface area contributed by atoms with Crippen LogP contribution in [0.3, 0.4) is 0 Å². The lowest BCUT2D eigenvalue weighted by Crippen LogP contribution is -2.28. The molecule has 1 aromatic rings. The molecule has 0 radical (unpaired) electrons. The molecule has 21 heavy (non-hydrogen) atoms. The van der Waals surface area contributed by atoms with Crippen LogP contribution in [0.15, 0.2) is 6.08 Å². The Morgan fingerprint density at radius 3 is 2.57 bits per heavy atom. The van der Waals surface area contributed by atoms with Gasteiger partial charge in [-0.3, -0.25) is 14.3 Å². The van der Waals surface area contributed by atoms with E-state index in [0.29, 0.717) is 6.54 Å². The van der Waals surface area contributed by atoms with E-state index in [4.69, 9.17) is 5.11 Å². The van der Waals surface area contributed by atoms with Gasteiger partial charge in [0.2, 0.25) is 5.91 Å². The maximum Gasteiger partial charge on any atom is 0.303 e. The number of nitrogens with zero attached hydrogens (tertiary/aromatic N) is 2. The molecule has 0 bridgehead atoms. The molecule has 0 fully saturated rings. The van der Waals surface area contributed by atoms with Crippen LogP contribution >= 0.6 is 0 Å². The normalized spacial score (nSPS) is 12.6.